The lowest BCUT2D eigenvalue weighted by molar-refractivity contribution is 0.130. The van der Waals surface area contributed by atoms with Crippen LogP contribution in [0.3, 0.4) is 0 Å². The van der Waals surface area contributed by atoms with E-state index >= 15 is 0 Å². The van der Waals surface area contributed by atoms with Gasteiger partial charge in [0.1, 0.15) is 12.4 Å². The van der Waals surface area contributed by atoms with Crippen molar-refractivity contribution in [2.45, 2.75) is 40.4 Å². The average Bonchev–Trinajstić information content (AvgIpc) is 3.07. The summed E-state index contributed by atoms with van der Waals surface area (Å²) >= 11 is 0. The monoisotopic (exact) mass is 419 g/mol. The summed E-state index contributed by atoms with van der Waals surface area (Å²) in [4.78, 5) is 17.9. The van der Waals surface area contributed by atoms with E-state index < -0.39 is 0 Å². The van der Waals surface area contributed by atoms with E-state index in [9.17, 15) is 4.79 Å². The third kappa shape index (κ3) is 5.20. The minimum atomic E-state index is -0.328. The van der Waals surface area contributed by atoms with E-state index in [-0.39, 0.29) is 18.4 Å². The first-order valence-corrected chi connectivity index (χ1v) is 9.84. The number of nitrogens with zero attached hydrogens (tertiary/aromatic N) is 5. The van der Waals surface area contributed by atoms with Crippen molar-refractivity contribution in [2.75, 3.05) is 0 Å². The first-order valence-electron chi connectivity index (χ1n) is 9.84. The molecule has 31 heavy (non-hydrogen) atoms. The fourth-order valence-electron chi connectivity index (χ4n) is 3.02. The number of oxime groups is 1. The molecule has 0 radical (unpaired) electrons. The number of hydrogen-bond donors (Lipinski definition) is 0. The Morgan fingerprint density at radius 2 is 2.00 bits per heavy atom. The summed E-state index contributed by atoms with van der Waals surface area (Å²) < 4.78 is 8.23. The molecule has 3 aromatic rings. The van der Waals surface area contributed by atoms with Gasteiger partial charge in [-0.3, -0.25) is 0 Å². The zero-order chi connectivity index (χ0) is 22.4. The van der Waals surface area contributed by atoms with Gasteiger partial charge >= 0.3 is 5.69 Å². The maximum atomic E-state index is 12.3. The van der Waals surface area contributed by atoms with Crippen LogP contribution in [0.25, 0.3) is 5.69 Å². The Bertz CT molecular complexity index is 1210. The molecule has 2 aromatic carbocycles. The molecule has 1 heterocycles. The standard InChI is InChI=1S/C23H25N5O3/c1-6-9-17(3)31-20-12-8-11-19(14-20)18(4)24-30-15-21-16(2)10-7-13-22(21)28-23(29)27(5)25-26-28/h7-8,10-14,17H,15H2,1-5H3. The molecule has 160 valence electrons. The zero-order valence-electron chi connectivity index (χ0n) is 18.3. The summed E-state index contributed by atoms with van der Waals surface area (Å²) in [6.07, 6.45) is -0.197. The maximum absolute atomic E-state index is 12.3. The van der Waals surface area contributed by atoms with Crippen LogP contribution in [0.15, 0.2) is 52.4 Å². The van der Waals surface area contributed by atoms with Gasteiger partial charge in [0.25, 0.3) is 0 Å². The van der Waals surface area contributed by atoms with Crippen LogP contribution < -0.4 is 10.4 Å². The molecule has 0 amide bonds. The summed E-state index contributed by atoms with van der Waals surface area (Å²) in [5.41, 5.74) is 3.64. The van der Waals surface area contributed by atoms with Crippen LogP contribution >= 0.6 is 0 Å². The van der Waals surface area contributed by atoms with E-state index in [1.54, 1.807) is 20.0 Å². The van der Waals surface area contributed by atoms with Crippen LogP contribution in [0.4, 0.5) is 0 Å². The second-order valence-corrected chi connectivity index (χ2v) is 7.00. The molecule has 0 aliphatic rings. The predicted molar refractivity (Wildman–Crippen MR) is 118 cm³/mol. The number of ether oxygens (including phenoxy) is 1. The number of tetrazole rings is 1. The van der Waals surface area contributed by atoms with Crippen LogP contribution in [0.1, 0.15) is 37.5 Å². The van der Waals surface area contributed by atoms with Gasteiger partial charge in [0.05, 0.1) is 11.4 Å². The van der Waals surface area contributed by atoms with Gasteiger partial charge in [-0.05, 0) is 61.9 Å². The lowest BCUT2D eigenvalue weighted by Gasteiger charge is -2.12. The fraction of sp³-hybridized carbons (Fsp3) is 0.304. The van der Waals surface area contributed by atoms with Gasteiger partial charge < -0.3 is 9.57 Å². The summed E-state index contributed by atoms with van der Waals surface area (Å²) in [5, 5.41) is 12.0. The topological polar surface area (TPSA) is 83.5 Å². The van der Waals surface area contributed by atoms with Crippen LogP contribution in [-0.4, -0.2) is 31.6 Å². The minimum absolute atomic E-state index is 0.182. The summed E-state index contributed by atoms with van der Waals surface area (Å²) in [6.45, 7) is 7.67. The van der Waals surface area contributed by atoms with Crippen LogP contribution in [0.5, 0.6) is 5.75 Å². The first kappa shape index (κ1) is 21.8. The molecular weight excluding hydrogens is 394 g/mol. The van der Waals surface area contributed by atoms with Crippen LogP contribution in [0, 0.1) is 18.8 Å². The maximum Gasteiger partial charge on any atom is 0.368 e. The Morgan fingerprint density at radius 1 is 1.23 bits per heavy atom. The number of hydrogen-bond acceptors (Lipinski definition) is 6. The van der Waals surface area contributed by atoms with E-state index in [4.69, 9.17) is 9.57 Å². The van der Waals surface area contributed by atoms with Crippen molar-refractivity contribution in [1.82, 2.24) is 19.8 Å². The van der Waals surface area contributed by atoms with Crippen molar-refractivity contribution >= 4 is 5.71 Å². The summed E-state index contributed by atoms with van der Waals surface area (Å²) in [5.74, 6) is 6.52. The average molecular weight is 419 g/mol. The molecule has 1 unspecified atom stereocenters. The third-order valence-corrected chi connectivity index (χ3v) is 4.66. The van der Waals surface area contributed by atoms with E-state index in [0.29, 0.717) is 17.1 Å². The Labute approximate surface area is 181 Å². The van der Waals surface area contributed by atoms with Gasteiger partial charge in [0.15, 0.2) is 6.10 Å². The third-order valence-electron chi connectivity index (χ3n) is 4.66. The van der Waals surface area contributed by atoms with E-state index in [1.165, 1.54) is 9.36 Å². The van der Waals surface area contributed by atoms with Crippen molar-refractivity contribution in [1.29, 1.82) is 0 Å². The van der Waals surface area contributed by atoms with Gasteiger partial charge in [0, 0.05) is 18.2 Å². The molecule has 3 rings (SSSR count). The number of aryl methyl sites for hydroxylation is 2. The molecule has 1 atom stereocenters. The summed E-state index contributed by atoms with van der Waals surface area (Å²) in [6, 6.07) is 13.2. The number of benzene rings is 2. The van der Waals surface area contributed by atoms with Gasteiger partial charge in [-0.25, -0.2) is 4.79 Å². The highest BCUT2D eigenvalue weighted by Gasteiger charge is 2.13. The molecule has 0 aliphatic heterocycles. The van der Waals surface area contributed by atoms with Crippen LogP contribution in [0.2, 0.25) is 0 Å². The zero-order valence-corrected chi connectivity index (χ0v) is 18.3. The molecule has 0 aliphatic carbocycles. The molecule has 0 fully saturated rings. The Morgan fingerprint density at radius 3 is 2.71 bits per heavy atom. The second kappa shape index (κ2) is 9.76. The van der Waals surface area contributed by atoms with Crippen LogP contribution in [-0.2, 0) is 18.5 Å². The summed E-state index contributed by atoms with van der Waals surface area (Å²) in [7, 11) is 1.55. The Hall–Kier alpha value is -3.86. The minimum Gasteiger partial charge on any atom is -0.478 e. The number of aromatic nitrogens is 4. The number of rotatable bonds is 7. The predicted octanol–water partition coefficient (Wildman–Crippen LogP) is 3.01. The van der Waals surface area contributed by atoms with Crippen molar-refractivity contribution in [2.24, 2.45) is 12.2 Å². The molecule has 0 N–H and O–H groups in total. The van der Waals surface area contributed by atoms with Gasteiger partial charge in [-0.2, -0.15) is 9.36 Å². The Balaban J connectivity index is 1.77. The van der Waals surface area contributed by atoms with Crippen molar-refractivity contribution < 1.29 is 9.57 Å². The molecular formula is C23H25N5O3. The van der Waals surface area contributed by atoms with E-state index in [2.05, 4.69) is 27.4 Å². The van der Waals surface area contributed by atoms with Gasteiger partial charge in [-0.1, -0.05) is 35.3 Å². The molecule has 0 saturated heterocycles. The molecule has 0 saturated carbocycles. The van der Waals surface area contributed by atoms with Crippen molar-refractivity contribution in [3.8, 4) is 23.3 Å². The Kier molecular flexibility index (Phi) is 6.88. The molecule has 8 nitrogen and oxygen atoms in total. The quantitative estimate of drug-likeness (QED) is 0.334. The van der Waals surface area contributed by atoms with Crippen molar-refractivity contribution in [3.05, 3.63) is 69.6 Å². The van der Waals surface area contributed by atoms with Gasteiger partial charge in [0.2, 0.25) is 0 Å². The SMILES string of the molecule is CC#CC(C)Oc1cccc(C(C)=NOCc2c(C)cccc2-n2nnn(C)c2=O)c1. The molecule has 0 bridgehead atoms. The normalized spacial score (nSPS) is 12.1. The van der Waals surface area contributed by atoms with Gasteiger partial charge in [-0.15, -0.1) is 5.92 Å². The largest absolute Gasteiger partial charge is 0.478 e. The molecule has 1 aromatic heterocycles. The fourth-order valence-corrected chi connectivity index (χ4v) is 3.02. The van der Waals surface area contributed by atoms with E-state index in [1.807, 2.05) is 57.2 Å². The molecule has 8 heteroatoms. The molecule has 0 spiro atoms. The van der Waals surface area contributed by atoms with Crippen molar-refractivity contribution in [3.63, 3.8) is 0 Å². The smallest absolute Gasteiger partial charge is 0.368 e. The highest BCUT2D eigenvalue weighted by molar-refractivity contribution is 5.98. The second-order valence-electron chi connectivity index (χ2n) is 7.00. The highest BCUT2D eigenvalue weighted by Crippen LogP contribution is 2.19. The lowest BCUT2D eigenvalue weighted by atomic mass is 10.1. The first-order chi connectivity index (χ1) is 14.9. The van der Waals surface area contributed by atoms with E-state index in [0.717, 1.165) is 16.7 Å². The lowest BCUT2D eigenvalue weighted by Crippen LogP contribution is -2.23. The highest BCUT2D eigenvalue weighted by atomic mass is 16.6.